The molecule has 0 spiro atoms. The Hall–Kier alpha value is -2.12. The molecule has 5 nitrogen and oxygen atoms in total. The number of esters is 1. The maximum Gasteiger partial charge on any atom is 0.417 e. The van der Waals surface area contributed by atoms with Gasteiger partial charge in [0, 0.05) is 26.2 Å². The molecule has 0 aliphatic carbocycles. The fraction of sp³-hybridized carbons (Fsp3) is 0.500. The van der Waals surface area contributed by atoms with Crippen molar-refractivity contribution in [3.05, 3.63) is 23.5 Å². The van der Waals surface area contributed by atoms with Gasteiger partial charge in [0.05, 0.1) is 17.0 Å². The predicted octanol–water partition coefficient (Wildman–Crippen LogP) is 2.63. The lowest BCUT2D eigenvalue weighted by atomic mass is 10.1. The molecular weight excluding hydrogens is 299 g/mol. The van der Waals surface area contributed by atoms with Crippen LogP contribution in [0.1, 0.15) is 31.0 Å². The largest absolute Gasteiger partial charge is 0.459 e. The second-order valence-corrected chi connectivity index (χ2v) is 5.04. The molecule has 0 radical (unpaired) electrons. The number of carbonyl (C=O) groups excluding carboxylic acids is 1. The first-order valence-electron chi connectivity index (χ1n) is 6.82. The fourth-order valence-corrected chi connectivity index (χ4v) is 2.28. The molecule has 1 aliphatic rings. The Morgan fingerprint density at radius 2 is 2.05 bits per heavy atom. The summed E-state index contributed by atoms with van der Waals surface area (Å²) in [7, 11) is 0. The summed E-state index contributed by atoms with van der Waals surface area (Å²) in [5, 5.41) is 7.91. The van der Waals surface area contributed by atoms with Gasteiger partial charge < -0.3 is 9.64 Å². The zero-order valence-corrected chi connectivity index (χ0v) is 12.0. The van der Waals surface area contributed by atoms with Crippen molar-refractivity contribution in [3.63, 3.8) is 0 Å². The van der Waals surface area contributed by atoms with E-state index in [9.17, 15) is 18.0 Å². The number of alkyl halides is 3. The minimum absolute atomic E-state index is 0.120. The molecule has 1 aliphatic heterocycles. The van der Waals surface area contributed by atoms with Gasteiger partial charge in [0.25, 0.3) is 0 Å². The monoisotopic (exact) mass is 315 g/mol. The molecule has 1 aromatic rings. The Morgan fingerprint density at radius 1 is 1.41 bits per heavy atom. The lowest BCUT2D eigenvalue weighted by molar-refractivity contribution is -0.139. The zero-order chi connectivity index (χ0) is 16.3. The summed E-state index contributed by atoms with van der Waals surface area (Å²) in [6, 6.07) is 1.01. The van der Waals surface area contributed by atoms with E-state index in [1.807, 2.05) is 0 Å². The van der Waals surface area contributed by atoms with Gasteiger partial charge in [-0.25, -0.2) is 0 Å². The number of anilines is 1. The van der Waals surface area contributed by atoms with E-state index in [0.29, 0.717) is 19.3 Å². The lowest BCUT2D eigenvalue weighted by Crippen LogP contribution is -2.24. The molecule has 0 atom stereocenters. The average molecular weight is 315 g/mol. The van der Waals surface area contributed by atoms with Gasteiger partial charge in [0.1, 0.15) is 12.3 Å². The van der Waals surface area contributed by atoms with E-state index in [0.717, 1.165) is 18.9 Å². The van der Waals surface area contributed by atoms with E-state index in [1.54, 1.807) is 4.90 Å². The number of halogens is 3. The van der Waals surface area contributed by atoms with Crippen LogP contribution < -0.4 is 4.90 Å². The molecule has 1 N–H and O–H groups in total. The van der Waals surface area contributed by atoms with Gasteiger partial charge in [-0.1, -0.05) is 0 Å². The summed E-state index contributed by atoms with van der Waals surface area (Å²) in [4.78, 5) is 16.4. The van der Waals surface area contributed by atoms with Gasteiger partial charge in [-0.05, 0) is 18.9 Å². The highest BCUT2D eigenvalue weighted by molar-refractivity contribution is 6.03. The van der Waals surface area contributed by atoms with Crippen LogP contribution >= 0.6 is 0 Å². The summed E-state index contributed by atoms with van der Waals surface area (Å²) in [6.45, 7) is 2.14. The number of hydrogen-bond acceptors (Lipinski definition) is 5. The molecule has 0 amide bonds. The Labute approximate surface area is 125 Å². The lowest BCUT2D eigenvalue weighted by Gasteiger charge is -2.22. The molecule has 22 heavy (non-hydrogen) atoms. The highest BCUT2D eigenvalue weighted by Gasteiger charge is 2.33. The van der Waals surface area contributed by atoms with Crippen LogP contribution in [0.3, 0.4) is 0 Å². The Bertz CT molecular complexity index is 581. The van der Waals surface area contributed by atoms with Crippen LogP contribution in [0, 0.1) is 5.41 Å². The fourth-order valence-electron chi connectivity index (χ4n) is 2.28. The van der Waals surface area contributed by atoms with Gasteiger partial charge in [-0.2, -0.15) is 13.2 Å². The van der Waals surface area contributed by atoms with Crippen LogP contribution in [0.15, 0.2) is 12.3 Å². The predicted molar refractivity (Wildman–Crippen MR) is 74.1 cm³/mol. The SMILES string of the molecule is CC(=O)OCC(=N)c1ncc(C(F)(F)F)cc1N1CCCC1. The average Bonchev–Trinajstić information content (AvgIpc) is 2.97. The van der Waals surface area contributed by atoms with Crippen LogP contribution in [-0.4, -0.2) is 36.4 Å². The van der Waals surface area contributed by atoms with Crippen molar-refractivity contribution in [1.82, 2.24) is 4.98 Å². The van der Waals surface area contributed by atoms with Crippen molar-refractivity contribution in [1.29, 1.82) is 5.41 Å². The number of hydrogen-bond donors (Lipinski definition) is 1. The molecule has 0 saturated carbocycles. The molecule has 1 saturated heterocycles. The van der Waals surface area contributed by atoms with Gasteiger partial charge in [0.2, 0.25) is 0 Å². The molecule has 2 heterocycles. The number of nitrogens with zero attached hydrogens (tertiary/aromatic N) is 2. The second-order valence-electron chi connectivity index (χ2n) is 5.04. The minimum Gasteiger partial charge on any atom is -0.459 e. The van der Waals surface area contributed by atoms with Gasteiger partial charge in [-0.3, -0.25) is 15.2 Å². The smallest absolute Gasteiger partial charge is 0.417 e. The molecule has 0 bridgehead atoms. The maximum atomic E-state index is 12.9. The molecule has 1 fully saturated rings. The first-order valence-corrected chi connectivity index (χ1v) is 6.82. The van der Waals surface area contributed by atoms with Crippen molar-refractivity contribution >= 4 is 17.4 Å². The summed E-state index contributed by atoms with van der Waals surface area (Å²) in [5.41, 5.74) is -0.579. The van der Waals surface area contributed by atoms with Crippen molar-refractivity contribution in [2.75, 3.05) is 24.6 Å². The van der Waals surface area contributed by atoms with Crippen molar-refractivity contribution in [2.45, 2.75) is 25.9 Å². The van der Waals surface area contributed by atoms with Gasteiger partial charge in [0.15, 0.2) is 0 Å². The topological polar surface area (TPSA) is 66.3 Å². The standard InChI is InChI=1S/C14H16F3N3O2/c1-9(21)22-8-11(18)13-12(20-4-2-3-5-20)6-10(7-19-13)14(15,16)17/h6-7,18H,2-5,8H2,1H3. The third-order valence-electron chi connectivity index (χ3n) is 3.35. The Balaban J connectivity index is 2.35. The second kappa shape index (κ2) is 6.33. The highest BCUT2D eigenvalue weighted by atomic mass is 19.4. The number of pyridine rings is 1. The van der Waals surface area contributed by atoms with E-state index >= 15 is 0 Å². The summed E-state index contributed by atoms with van der Waals surface area (Å²) >= 11 is 0. The Kier molecular flexibility index (Phi) is 4.68. The summed E-state index contributed by atoms with van der Waals surface area (Å²) < 4.78 is 43.3. The molecule has 0 unspecified atom stereocenters. The van der Waals surface area contributed by atoms with Crippen molar-refractivity contribution in [2.24, 2.45) is 0 Å². The zero-order valence-electron chi connectivity index (χ0n) is 12.0. The van der Waals surface area contributed by atoms with E-state index < -0.39 is 17.7 Å². The van der Waals surface area contributed by atoms with Crippen LogP contribution in [0.2, 0.25) is 0 Å². The third-order valence-corrected chi connectivity index (χ3v) is 3.35. The highest BCUT2D eigenvalue weighted by Crippen LogP contribution is 2.33. The van der Waals surface area contributed by atoms with Crippen LogP contribution in [0.5, 0.6) is 0 Å². The first kappa shape index (κ1) is 16.3. The quantitative estimate of drug-likeness (QED) is 0.685. The van der Waals surface area contributed by atoms with E-state index in [2.05, 4.69) is 4.98 Å². The summed E-state index contributed by atoms with van der Waals surface area (Å²) in [5.74, 6) is -0.556. The Morgan fingerprint density at radius 3 is 2.59 bits per heavy atom. The molecule has 0 aromatic carbocycles. The van der Waals surface area contributed by atoms with E-state index in [-0.39, 0.29) is 23.7 Å². The summed E-state index contributed by atoms with van der Waals surface area (Å²) in [6.07, 6.45) is -2.02. The molecule has 8 heteroatoms. The van der Waals surface area contributed by atoms with Crippen LogP contribution in [0.25, 0.3) is 0 Å². The van der Waals surface area contributed by atoms with E-state index in [4.69, 9.17) is 10.1 Å². The molecule has 1 aromatic heterocycles. The first-order chi connectivity index (χ1) is 10.3. The molecule has 120 valence electrons. The van der Waals surface area contributed by atoms with Gasteiger partial charge in [-0.15, -0.1) is 0 Å². The number of nitrogens with one attached hydrogen (secondary N) is 1. The molecular formula is C14H16F3N3O2. The van der Waals surface area contributed by atoms with Gasteiger partial charge >= 0.3 is 12.1 Å². The number of ether oxygens (including phenoxy) is 1. The maximum absolute atomic E-state index is 12.9. The van der Waals surface area contributed by atoms with Crippen molar-refractivity contribution < 1.29 is 22.7 Å². The minimum atomic E-state index is -4.49. The van der Waals surface area contributed by atoms with E-state index in [1.165, 1.54) is 6.92 Å². The van der Waals surface area contributed by atoms with Crippen molar-refractivity contribution in [3.8, 4) is 0 Å². The molecule has 2 rings (SSSR count). The van der Waals surface area contributed by atoms with Crippen LogP contribution in [0.4, 0.5) is 18.9 Å². The van der Waals surface area contributed by atoms with Crippen LogP contribution in [-0.2, 0) is 15.7 Å². The normalized spacial score (nSPS) is 15.0. The number of rotatable bonds is 4. The number of aromatic nitrogens is 1. The third kappa shape index (κ3) is 3.75. The number of carbonyl (C=O) groups is 1.